The zero-order valence-corrected chi connectivity index (χ0v) is 11.2. The number of aromatic nitrogens is 1. The van der Waals surface area contributed by atoms with Crippen molar-refractivity contribution in [3.63, 3.8) is 0 Å². The quantitative estimate of drug-likeness (QED) is 0.893. The molecule has 0 aliphatic carbocycles. The zero-order chi connectivity index (χ0) is 13.1. The molecule has 1 heterocycles. The van der Waals surface area contributed by atoms with E-state index in [4.69, 9.17) is 10.3 Å². The number of benzene rings is 1. The summed E-state index contributed by atoms with van der Waals surface area (Å²) in [6, 6.07) is 10.5. The molecule has 3 nitrogen and oxygen atoms in total. The van der Waals surface area contributed by atoms with Gasteiger partial charge < -0.3 is 10.3 Å². The number of hydrogen-bond acceptors (Lipinski definition) is 3. The molecule has 1 aromatic carbocycles. The van der Waals surface area contributed by atoms with Crippen LogP contribution in [0.3, 0.4) is 0 Å². The summed E-state index contributed by atoms with van der Waals surface area (Å²) >= 11 is 0. The van der Waals surface area contributed by atoms with Gasteiger partial charge in [-0.1, -0.05) is 50.2 Å². The van der Waals surface area contributed by atoms with Crippen molar-refractivity contribution in [2.75, 3.05) is 5.73 Å². The van der Waals surface area contributed by atoms with Gasteiger partial charge in [0.25, 0.3) is 0 Å². The van der Waals surface area contributed by atoms with Gasteiger partial charge in [-0.2, -0.15) is 0 Å². The highest BCUT2D eigenvalue weighted by Gasteiger charge is 2.12. The second-order valence-electron chi connectivity index (χ2n) is 5.22. The number of anilines is 1. The maximum Gasteiger partial charge on any atom is 0.222 e. The van der Waals surface area contributed by atoms with E-state index in [-0.39, 0.29) is 5.92 Å². The molecular weight excluding hydrogens is 224 g/mol. The Hall–Kier alpha value is -1.77. The van der Waals surface area contributed by atoms with Crippen molar-refractivity contribution in [3.8, 4) is 0 Å². The van der Waals surface area contributed by atoms with Gasteiger partial charge >= 0.3 is 0 Å². The molecule has 3 heteroatoms. The molecule has 0 spiro atoms. The lowest BCUT2D eigenvalue weighted by Gasteiger charge is -2.10. The van der Waals surface area contributed by atoms with Crippen molar-refractivity contribution in [3.05, 3.63) is 47.2 Å². The predicted octanol–water partition coefficient (Wildman–Crippen LogP) is 3.61. The molecule has 1 unspecified atom stereocenters. The van der Waals surface area contributed by atoms with Crippen LogP contribution in [0.2, 0.25) is 0 Å². The standard InChI is InChI=1S/C15H20N2O/c1-10(2)8-12-4-6-13(7-5-12)11(3)14-9-15(16)18-17-14/h4-7,9-11H,8,16H2,1-3H3. The molecule has 0 saturated heterocycles. The van der Waals surface area contributed by atoms with Crippen molar-refractivity contribution < 1.29 is 4.52 Å². The first kappa shape index (κ1) is 12.7. The van der Waals surface area contributed by atoms with E-state index in [9.17, 15) is 0 Å². The topological polar surface area (TPSA) is 52.0 Å². The summed E-state index contributed by atoms with van der Waals surface area (Å²) in [5.41, 5.74) is 9.03. The molecule has 0 fully saturated rings. The second kappa shape index (κ2) is 5.25. The molecule has 0 bridgehead atoms. The third-order valence-corrected chi connectivity index (χ3v) is 3.11. The molecule has 2 rings (SSSR count). The van der Waals surface area contributed by atoms with E-state index in [1.165, 1.54) is 11.1 Å². The Morgan fingerprint density at radius 2 is 1.83 bits per heavy atom. The first-order valence-electron chi connectivity index (χ1n) is 6.37. The number of nitrogen functional groups attached to an aromatic ring is 1. The van der Waals surface area contributed by atoms with Gasteiger partial charge in [0.2, 0.25) is 5.88 Å². The molecule has 0 aliphatic heterocycles. The van der Waals surface area contributed by atoms with E-state index in [0.29, 0.717) is 11.8 Å². The second-order valence-corrected chi connectivity index (χ2v) is 5.22. The van der Waals surface area contributed by atoms with Gasteiger partial charge in [0.15, 0.2) is 0 Å². The largest absolute Gasteiger partial charge is 0.368 e. The van der Waals surface area contributed by atoms with Gasteiger partial charge in [0, 0.05) is 12.0 Å². The van der Waals surface area contributed by atoms with Crippen LogP contribution in [0.5, 0.6) is 0 Å². The Balaban J connectivity index is 2.14. The summed E-state index contributed by atoms with van der Waals surface area (Å²) in [5, 5.41) is 3.96. The van der Waals surface area contributed by atoms with Crippen LogP contribution in [-0.2, 0) is 6.42 Å². The minimum absolute atomic E-state index is 0.208. The van der Waals surface area contributed by atoms with Gasteiger partial charge in [-0.05, 0) is 23.5 Å². The van der Waals surface area contributed by atoms with Crippen LogP contribution in [0.25, 0.3) is 0 Å². The van der Waals surface area contributed by atoms with Crippen LogP contribution in [0.15, 0.2) is 34.9 Å². The molecule has 1 aromatic heterocycles. The fraction of sp³-hybridized carbons (Fsp3) is 0.400. The van der Waals surface area contributed by atoms with E-state index in [0.717, 1.165) is 12.1 Å². The summed E-state index contributed by atoms with van der Waals surface area (Å²) in [6.45, 7) is 6.57. The Morgan fingerprint density at radius 3 is 2.33 bits per heavy atom. The first-order valence-corrected chi connectivity index (χ1v) is 6.37. The predicted molar refractivity (Wildman–Crippen MR) is 73.4 cm³/mol. The van der Waals surface area contributed by atoms with Crippen molar-refractivity contribution >= 4 is 5.88 Å². The molecule has 0 amide bonds. The third kappa shape index (κ3) is 2.92. The maximum absolute atomic E-state index is 5.54. The van der Waals surface area contributed by atoms with Crippen LogP contribution < -0.4 is 5.73 Å². The highest BCUT2D eigenvalue weighted by Crippen LogP contribution is 2.25. The average molecular weight is 244 g/mol. The number of nitrogens with zero attached hydrogens (tertiary/aromatic N) is 1. The lowest BCUT2D eigenvalue weighted by atomic mass is 9.95. The van der Waals surface area contributed by atoms with Crippen molar-refractivity contribution in [2.45, 2.75) is 33.1 Å². The van der Waals surface area contributed by atoms with E-state index in [1.54, 1.807) is 6.07 Å². The maximum atomic E-state index is 5.54. The molecule has 2 N–H and O–H groups in total. The van der Waals surface area contributed by atoms with E-state index >= 15 is 0 Å². The average Bonchev–Trinajstić information content (AvgIpc) is 2.75. The summed E-state index contributed by atoms with van der Waals surface area (Å²) in [7, 11) is 0. The van der Waals surface area contributed by atoms with E-state index < -0.39 is 0 Å². The molecular formula is C15H20N2O. The lowest BCUT2D eigenvalue weighted by molar-refractivity contribution is 0.425. The SMILES string of the molecule is CC(C)Cc1ccc(C(C)c2cc(N)on2)cc1. The van der Waals surface area contributed by atoms with Crippen LogP contribution >= 0.6 is 0 Å². The normalized spacial score (nSPS) is 12.9. The number of hydrogen-bond donors (Lipinski definition) is 1. The molecule has 2 aromatic rings. The van der Waals surface area contributed by atoms with Gasteiger partial charge in [0.1, 0.15) is 0 Å². The van der Waals surface area contributed by atoms with Crippen LogP contribution in [0.1, 0.15) is 43.5 Å². The minimum atomic E-state index is 0.208. The fourth-order valence-electron chi connectivity index (χ4n) is 2.09. The Morgan fingerprint density at radius 1 is 1.17 bits per heavy atom. The third-order valence-electron chi connectivity index (χ3n) is 3.11. The molecule has 1 atom stereocenters. The molecule has 0 saturated carbocycles. The molecule has 96 valence electrons. The van der Waals surface area contributed by atoms with Crippen molar-refractivity contribution in [1.29, 1.82) is 0 Å². The Bertz CT molecular complexity index is 499. The highest BCUT2D eigenvalue weighted by atomic mass is 16.5. The minimum Gasteiger partial charge on any atom is -0.368 e. The van der Waals surface area contributed by atoms with Gasteiger partial charge in [0.05, 0.1) is 5.69 Å². The number of rotatable bonds is 4. The fourth-order valence-corrected chi connectivity index (χ4v) is 2.09. The van der Waals surface area contributed by atoms with Crippen LogP contribution in [0, 0.1) is 5.92 Å². The van der Waals surface area contributed by atoms with Crippen LogP contribution in [-0.4, -0.2) is 5.16 Å². The number of nitrogens with two attached hydrogens (primary N) is 1. The zero-order valence-electron chi connectivity index (χ0n) is 11.2. The lowest BCUT2D eigenvalue weighted by Crippen LogP contribution is -1.98. The van der Waals surface area contributed by atoms with Gasteiger partial charge in [-0.3, -0.25) is 0 Å². The highest BCUT2D eigenvalue weighted by molar-refractivity contribution is 5.34. The van der Waals surface area contributed by atoms with Gasteiger partial charge in [-0.25, -0.2) is 0 Å². The van der Waals surface area contributed by atoms with Crippen molar-refractivity contribution in [1.82, 2.24) is 5.16 Å². The van der Waals surface area contributed by atoms with Crippen molar-refractivity contribution in [2.24, 2.45) is 5.92 Å². The molecule has 0 radical (unpaired) electrons. The monoisotopic (exact) mass is 244 g/mol. The first-order chi connectivity index (χ1) is 8.56. The summed E-state index contributed by atoms with van der Waals surface area (Å²) < 4.78 is 4.91. The molecule has 0 aliphatic rings. The smallest absolute Gasteiger partial charge is 0.222 e. The summed E-state index contributed by atoms with van der Waals surface area (Å²) in [4.78, 5) is 0. The Kier molecular flexibility index (Phi) is 3.70. The van der Waals surface area contributed by atoms with E-state index in [2.05, 4.69) is 50.2 Å². The molecule has 18 heavy (non-hydrogen) atoms. The Labute approximate surface area is 108 Å². The summed E-state index contributed by atoms with van der Waals surface area (Å²) in [6.07, 6.45) is 1.12. The van der Waals surface area contributed by atoms with Gasteiger partial charge in [-0.15, -0.1) is 0 Å². The van der Waals surface area contributed by atoms with Crippen LogP contribution in [0.4, 0.5) is 5.88 Å². The van der Waals surface area contributed by atoms with E-state index in [1.807, 2.05) is 0 Å². The summed E-state index contributed by atoms with van der Waals surface area (Å²) in [5.74, 6) is 1.26.